The Morgan fingerprint density at radius 2 is 1.95 bits per heavy atom. The average Bonchev–Trinajstić information content (AvgIpc) is 2.99. The lowest BCUT2D eigenvalue weighted by Gasteiger charge is -2.30. The molecule has 1 heterocycles. The molecule has 3 amide bonds. The molecule has 1 saturated carbocycles. The van der Waals surface area contributed by atoms with Crippen molar-refractivity contribution in [3.63, 3.8) is 0 Å². The fourth-order valence-electron chi connectivity index (χ4n) is 5.57. The molecule has 226 valence electrons. The number of aromatic hydroxyl groups is 1. The summed E-state index contributed by atoms with van der Waals surface area (Å²) in [6, 6.07) is 10.5. The van der Waals surface area contributed by atoms with E-state index >= 15 is 0 Å². The molecule has 1 atom stereocenters. The number of hydrogen-bond acceptors (Lipinski definition) is 7. The quantitative estimate of drug-likeness (QED) is 0.194. The summed E-state index contributed by atoms with van der Waals surface area (Å²) in [4.78, 5) is 48.7. The van der Waals surface area contributed by atoms with Crippen LogP contribution in [-0.2, 0) is 27.2 Å². The summed E-state index contributed by atoms with van der Waals surface area (Å²) in [5.41, 5.74) is 2.46. The highest BCUT2D eigenvalue weighted by molar-refractivity contribution is 5.97. The SMILES string of the molecule is O=Cc1cccc(CCOC(CC(=O)NCCN(CCc2ccc(O)c3c2OCC(=O)N3)C(=O)O)C2CCCCC2)c1. The van der Waals surface area contributed by atoms with Crippen molar-refractivity contribution >= 4 is 29.9 Å². The standard InChI is InChI=1S/C31H39N3O8/c35-19-22-6-4-5-21(17-22)12-16-41-26(23-7-2-1-3-8-23)18-27(37)32-13-15-34(31(39)40)14-11-24-9-10-25(36)29-30(24)42-20-28(38)33-29/h4-6,9-10,17,19,23,26,36H,1-3,7-8,11-16,18,20H2,(H,32,37)(H,33,38)(H,39,40). The molecule has 4 rings (SSSR count). The molecule has 0 spiro atoms. The fraction of sp³-hybridized carbons (Fsp3) is 0.484. The van der Waals surface area contributed by atoms with E-state index in [1.807, 2.05) is 18.2 Å². The van der Waals surface area contributed by atoms with Crippen LogP contribution in [-0.4, -0.2) is 78.3 Å². The Labute approximate surface area is 245 Å². The van der Waals surface area contributed by atoms with Crippen LogP contribution < -0.4 is 15.4 Å². The lowest BCUT2D eigenvalue weighted by Crippen LogP contribution is -2.40. The molecule has 2 aromatic carbocycles. The van der Waals surface area contributed by atoms with Crippen LogP contribution in [0, 0.1) is 5.92 Å². The van der Waals surface area contributed by atoms with Gasteiger partial charge in [-0.2, -0.15) is 0 Å². The van der Waals surface area contributed by atoms with Gasteiger partial charge in [-0.3, -0.25) is 14.4 Å². The molecule has 2 aromatic rings. The lowest BCUT2D eigenvalue weighted by molar-refractivity contribution is -0.125. The maximum absolute atomic E-state index is 12.9. The van der Waals surface area contributed by atoms with Crippen LogP contribution in [0.2, 0.25) is 0 Å². The molecule has 1 aliphatic heterocycles. The normalized spacial score (nSPS) is 15.6. The van der Waals surface area contributed by atoms with Crippen LogP contribution in [0.25, 0.3) is 0 Å². The minimum absolute atomic E-state index is 0.0982. The van der Waals surface area contributed by atoms with Crippen molar-refractivity contribution in [3.8, 4) is 11.5 Å². The third-order valence-corrected chi connectivity index (χ3v) is 7.83. The van der Waals surface area contributed by atoms with Gasteiger partial charge in [-0.05, 0) is 54.9 Å². The highest BCUT2D eigenvalue weighted by atomic mass is 16.5. The van der Waals surface area contributed by atoms with Crippen molar-refractivity contribution in [1.82, 2.24) is 10.2 Å². The zero-order chi connectivity index (χ0) is 29.9. The number of phenols is 1. The van der Waals surface area contributed by atoms with E-state index in [1.165, 1.54) is 17.4 Å². The van der Waals surface area contributed by atoms with Gasteiger partial charge in [-0.15, -0.1) is 0 Å². The number of anilines is 1. The Balaban J connectivity index is 1.27. The van der Waals surface area contributed by atoms with Crippen molar-refractivity contribution in [1.29, 1.82) is 0 Å². The van der Waals surface area contributed by atoms with Crippen molar-refractivity contribution in [3.05, 3.63) is 53.1 Å². The summed E-state index contributed by atoms with van der Waals surface area (Å²) in [6.45, 7) is 0.649. The van der Waals surface area contributed by atoms with Gasteiger partial charge in [-0.25, -0.2) is 4.79 Å². The number of carboxylic acid groups (broad SMARTS) is 1. The molecular weight excluding hydrogens is 542 g/mol. The van der Waals surface area contributed by atoms with Gasteiger partial charge in [-0.1, -0.05) is 43.5 Å². The van der Waals surface area contributed by atoms with Crippen LogP contribution in [0.1, 0.15) is 60.0 Å². The maximum atomic E-state index is 12.9. The summed E-state index contributed by atoms with van der Waals surface area (Å²) in [5.74, 6) is -0.0563. The number of hydrogen-bond donors (Lipinski definition) is 4. The van der Waals surface area contributed by atoms with Gasteiger partial charge in [0.2, 0.25) is 5.91 Å². The first-order valence-electron chi connectivity index (χ1n) is 14.5. The monoisotopic (exact) mass is 581 g/mol. The Bertz CT molecular complexity index is 1260. The largest absolute Gasteiger partial charge is 0.506 e. The van der Waals surface area contributed by atoms with E-state index in [4.69, 9.17) is 9.47 Å². The topological polar surface area (TPSA) is 154 Å². The number of phenolic OH excluding ortho intramolecular Hbond substituents is 1. The third kappa shape index (κ3) is 8.69. The number of rotatable bonds is 14. The fourth-order valence-corrected chi connectivity index (χ4v) is 5.57. The van der Waals surface area contributed by atoms with E-state index in [2.05, 4.69) is 10.6 Å². The second-order valence-corrected chi connectivity index (χ2v) is 10.8. The molecule has 1 aliphatic carbocycles. The number of nitrogens with one attached hydrogen (secondary N) is 2. The van der Waals surface area contributed by atoms with Crippen LogP contribution in [0.15, 0.2) is 36.4 Å². The van der Waals surface area contributed by atoms with E-state index in [0.29, 0.717) is 42.2 Å². The number of aldehydes is 1. The number of carbonyl (C=O) groups excluding carboxylic acids is 3. The molecule has 0 saturated heterocycles. The predicted octanol–water partition coefficient (Wildman–Crippen LogP) is 3.77. The molecular formula is C31H39N3O8. The second-order valence-electron chi connectivity index (χ2n) is 10.8. The summed E-state index contributed by atoms with van der Waals surface area (Å²) < 4.78 is 11.7. The van der Waals surface area contributed by atoms with Gasteiger partial charge < -0.3 is 35.2 Å². The minimum atomic E-state index is -1.12. The summed E-state index contributed by atoms with van der Waals surface area (Å²) in [6.07, 6.45) is 6.06. The first-order valence-corrected chi connectivity index (χ1v) is 14.5. The first kappa shape index (κ1) is 30.8. The lowest BCUT2D eigenvalue weighted by atomic mass is 9.84. The van der Waals surface area contributed by atoms with Crippen molar-refractivity contribution in [2.24, 2.45) is 5.92 Å². The Hall–Kier alpha value is -4.12. The highest BCUT2D eigenvalue weighted by Crippen LogP contribution is 2.39. The molecule has 11 heteroatoms. The Morgan fingerprint density at radius 1 is 1.14 bits per heavy atom. The first-order chi connectivity index (χ1) is 20.3. The minimum Gasteiger partial charge on any atom is -0.506 e. The number of ether oxygens (including phenoxy) is 2. The number of nitrogens with zero attached hydrogens (tertiary/aromatic N) is 1. The van der Waals surface area contributed by atoms with E-state index in [-0.39, 0.29) is 62.0 Å². The van der Waals surface area contributed by atoms with Crippen molar-refractivity contribution in [2.75, 3.05) is 38.2 Å². The molecule has 4 N–H and O–H groups in total. The summed E-state index contributed by atoms with van der Waals surface area (Å²) in [7, 11) is 0. The van der Waals surface area contributed by atoms with Gasteiger partial charge in [0.25, 0.3) is 5.91 Å². The molecule has 42 heavy (non-hydrogen) atoms. The van der Waals surface area contributed by atoms with Crippen LogP contribution >= 0.6 is 0 Å². The third-order valence-electron chi connectivity index (χ3n) is 7.83. The van der Waals surface area contributed by atoms with E-state index in [1.54, 1.807) is 12.1 Å². The van der Waals surface area contributed by atoms with E-state index in [9.17, 15) is 29.4 Å². The van der Waals surface area contributed by atoms with Gasteiger partial charge in [0.05, 0.1) is 19.1 Å². The number of carbonyl (C=O) groups is 4. The molecule has 1 fully saturated rings. The molecule has 0 bridgehead atoms. The summed E-state index contributed by atoms with van der Waals surface area (Å²) in [5, 5.41) is 25.2. The zero-order valence-electron chi connectivity index (χ0n) is 23.7. The Kier molecular flexibility index (Phi) is 11.2. The smallest absolute Gasteiger partial charge is 0.407 e. The van der Waals surface area contributed by atoms with Gasteiger partial charge in [0.1, 0.15) is 17.7 Å². The van der Waals surface area contributed by atoms with Gasteiger partial charge in [0.15, 0.2) is 12.4 Å². The number of amides is 3. The van der Waals surface area contributed by atoms with Crippen molar-refractivity contribution in [2.45, 2.75) is 57.5 Å². The van der Waals surface area contributed by atoms with E-state index in [0.717, 1.165) is 37.5 Å². The summed E-state index contributed by atoms with van der Waals surface area (Å²) >= 11 is 0. The Morgan fingerprint density at radius 3 is 2.71 bits per heavy atom. The van der Waals surface area contributed by atoms with E-state index < -0.39 is 6.09 Å². The second kappa shape index (κ2) is 15.2. The zero-order valence-corrected chi connectivity index (χ0v) is 23.7. The maximum Gasteiger partial charge on any atom is 0.407 e. The van der Waals surface area contributed by atoms with Gasteiger partial charge >= 0.3 is 6.09 Å². The number of fused-ring (bicyclic) bond motifs is 1. The molecule has 1 unspecified atom stereocenters. The molecule has 2 aliphatic rings. The van der Waals surface area contributed by atoms with Gasteiger partial charge in [0, 0.05) is 25.2 Å². The molecule has 0 aromatic heterocycles. The van der Waals surface area contributed by atoms with Crippen LogP contribution in [0.4, 0.5) is 10.5 Å². The van der Waals surface area contributed by atoms with Crippen LogP contribution in [0.5, 0.6) is 11.5 Å². The van der Waals surface area contributed by atoms with Crippen LogP contribution in [0.3, 0.4) is 0 Å². The molecule has 0 radical (unpaired) electrons. The highest BCUT2D eigenvalue weighted by Gasteiger charge is 2.27. The average molecular weight is 582 g/mol. The molecule has 11 nitrogen and oxygen atoms in total. The predicted molar refractivity (Wildman–Crippen MR) is 155 cm³/mol. The number of benzene rings is 2. The van der Waals surface area contributed by atoms with Crippen molar-refractivity contribution < 1.29 is 38.9 Å².